The van der Waals surface area contributed by atoms with Gasteiger partial charge in [0.15, 0.2) is 0 Å². The molecule has 0 aliphatic heterocycles. The van der Waals surface area contributed by atoms with Gasteiger partial charge in [0.25, 0.3) is 0 Å². The summed E-state index contributed by atoms with van der Waals surface area (Å²) in [6.45, 7) is 0.281. The van der Waals surface area contributed by atoms with Gasteiger partial charge in [0.05, 0.1) is 16.4 Å². The molecule has 3 nitrogen and oxygen atoms in total. The van der Waals surface area contributed by atoms with Gasteiger partial charge < -0.3 is 11.5 Å². The predicted octanol–water partition coefficient (Wildman–Crippen LogP) is 1.58. The zero-order valence-electron chi connectivity index (χ0n) is 8.57. The fraction of sp³-hybridized carbons (Fsp3) is 0.182. The van der Waals surface area contributed by atoms with Crippen molar-refractivity contribution >= 4 is 23.0 Å². The van der Waals surface area contributed by atoms with E-state index in [9.17, 15) is 0 Å². The Bertz CT molecular complexity index is 382. The van der Waals surface area contributed by atoms with Crippen LogP contribution in [0.4, 0.5) is 0 Å². The summed E-state index contributed by atoms with van der Waals surface area (Å²) in [7, 11) is 1.64. The largest absolute Gasteiger partial charge is 0.397 e. The van der Waals surface area contributed by atoms with Gasteiger partial charge in [0.1, 0.15) is 0 Å². The van der Waals surface area contributed by atoms with Crippen LogP contribution in [0.25, 0.3) is 5.70 Å². The van der Waals surface area contributed by atoms with Gasteiger partial charge in [-0.2, -0.15) is 0 Å². The quantitative estimate of drug-likeness (QED) is 0.765. The molecule has 0 aromatic heterocycles. The van der Waals surface area contributed by atoms with E-state index < -0.39 is 0 Å². The van der Waals surface area contributed by atoms with Gasteiger partial charge in [0.2, 0.25) is 0 Å². The first kappa shape index (κ1) is 11.8. The third-order valence-corrected chi connectivity index (χ3v) is 2.46. The lowest BCUT2D eigenvalue weighted by Gasteiger charge is -2.06. The molecule has 4 heteroatoms. The maximum atomic E-state index is 6.08. The fourth-order valence-electron chi connectivity index (χ4n) is 1.18. The summed E-state index contributed by atoms with van der Waals surface area (Å²) in [4.78, 5) is 3.97. The number of nitrogens with zero attached hydrogens (tertiary/aromatic N) is 1. The van der Waals surface area contributed by atoms with Gasteiger partial charge in [-0.15, -0.1) is 0 Å². The second-order valence-corrected chi connectivity index (χ2v) is 3.35. The van der Waals surface area contributed by atoms with Gasteiger partial charge in [0, 0.05) is 13.6 Å². The first-order valence-electron chi connectivity index (χ1n) is 4.57. The third kappa shape index (κ3) is 2.81. The van der Waals surface area contributed by atoms with Crippen LogP contribution in [0.15, 0.2) is 40.4 Å². The van der Waals surface area contributed by atoms with Crippen LogP contribution >= 0.6 is 11.6 Å². The van der Waals surface area contributed by atoms with Gasteiger partial charge >= 0.3 is 0 Å². The van der Waals surface area contributed by atoms with E-state index in [1.54, 1.807) is 7.05 Å². The van der Waals surface area contributed by atoms with E-state index in [1.165, 1.54) is 0 Å². The van der Waals surface area contributed by atoms with Crippen molar-refractivity contribution in [1.29, 1.82) is 0 Å². The molecule has 1 aromatic rings. The highest BCUT2D eigenvalue weighted by atomic mass is 35.5. The topological polar surface area (TPSA) is 64.4 Å². The number of aliphatic imine (C=N–C) groups is 1. The number of hydrogen-bond donors (Lipinski definition) is 2. The maximum absolute atomic E-state index is 6.08. The van der Waals surface area contributed by atoms with Crippen molar-refractivity contribution in [2.45, 2.75) is 0 Å². The number of rotatable bonds is 3. The summed E-state index contributed by atoms with van der Waals surface area (Å²) in [5.41, 5.74) is 13.4. The van der Waals surface area contributed by atoms with Crippen molar-refractivity contribution in [2.24, 2.45) is 16.5 Å². The molecule has 80 valence electrons. The van der Waals surface area contributed by atoms with Crippen LogP contribution in [0.3, 0.4) is 0 Å². The average molecular weight is 224 g/mol. The van der Waals surface area contributed by atoms with E-state index in [4.69, 9.17) is 23.1 Å². The molecule has 4 N–H and O–H groups in total. The SMILES string of the molecule is CN=C(CN)C(Cl)=C(N)c1ccccc1. The molecular formula is C11H14ClN3. The summed E-state index contributed by atoms with van der Waals surface area (Å²) in [5, 5.41) is 0.422. The zero-order chi connectivity index (χ0) is 11.3. The Kier molecular flexibility index (Phi) is 4.34. The van der Waals surface area contributed by atoms with Gasteiger partial charge in [-0.3, -0.25) is 4.99 Å². The molecule has 0 heterocycles. The van der Waals surface area contributed by atoms with Crippen LogP contribution in [-0.4, -0.2) is 19.3 Å². The molecule has 1 rings (SSSR count). The van der Waals surface area contributed by atoms with E-state index in [0.29, 0.717) is 16.4 Å². The highest BCUT2D eigenvalue weighted by molar-refractivity contribution is 6.46. The van der Waals surface area contributed by atoms with Gasteiger partial charge in [-0.25, -0.2) is 0 Å². The van der Waals surface area contributed by atoms with Crippen molar-refractivity contribution in [3.05, 3.63) is 40.9 Å². The molecule has 0 unspecified atom stereocenters. The van der Waals surface area contributed by atoms with Crippen LogP contribution < -0.4 is 11.5 Å². The summed E-state index contributed by atoms with van der Waals surface area (Å²) in [5.74, 6) is 0. The molecule has 0 bridgehead atoms. The highest BCUT2D eigenvalue weighted by Crippen LogP contribution is 2.17. The molecule has 0 aliphatic carbocycles. The average Bonchev–Trinajstić information content (AvgIpc) is 2.30. The highest BCUT2D eigenvalue weighted by Gasteiger charge is 2.07. The predicted molar refractivity (Wildman–Crippen MR) is 65.8 cm³/mol. The normalized spacial score (nSPS) is 13.7. The molecule has 0 fully saturated rings. The summed E-state index contributed by atoms with van der Waals surface area (Å²) in [6.07, 6.45) is 0. The molecule has 0 spiro atoms. The molecule has 0 saturated carbocycles. The molecular weight excluding hydrogens is 210 g/mol. The van der Waals surface area contributed by atoms with Crippen LogP contribution in [0.5, 0.6) is 0 Å². The maximum Gasteiger partial charge on any atom is 0.0864 e. The minimum atomic E-state index is 0.281. The molecule has 15 heavy (non-hydrogen) atoms. The lowest BCUT2D eigenvalue weighted by molar-refractivity contribution is 1.27. The van der Waals surface area contributed by atoms with E-state index in [-0.39, 0.29) is 6.54 Å². The Labute approximate surface area is 94.4 Å². The van der Waals surface area contributed by atoms with Crippen molar-refractivity contribution < 1.29 is 0 Å². The fourth-order valence-corrected chi connectivity index (χ4v) is 1.45. The number of nitrogens with two attached hydrogens (primary N) is 2. The lowest BCUT2D eigenvalue weighted by Crippen LogP contribution is -2.16. The smallest absolute Gasteiger partial charge is 0.0864 e. The molecule has 0 radical (unpaired) electrons. The van der Waals surface area contributed by atoms with E-state index >= 15 is 0 Å². The van der Waals surface area contributed by atoms with E-state index in [0.717, 1.165) is 5.56 Å². The van der Waals surface area contributed by atoms with E-state index in [1.807, 2.05) is 30.3 Å². The second kappa shape index (κ2) is 5.53. The van der Waals surface area contributed by atoms with Crippen LogP contribution in [-0.2, 0) is 0 Å². The molecule has 0 atom stereocenters. The second-order valence-electron chi connectivity index (χ2n) is 2.97. The molecule has 1 aromatic carbocycles. The van der Waals surface area contributed by atoms with Crippen LogP contribution in [0.1, 0.15) is 5.56 Å². The molecule has 0 amide bonds. The Hall–Kier alpha value is -1.32. The number of halogens is 1. The van der Waals surface area contributed by atoms with Gasteiger partial charge in [-0.1, -0.05) is 41.9 Å². The Morgan fingerprint density at radius 1 is 1.33 bits per heavy atom. The van der Waals surface area contributed by atoms with Crippen molar-refractivity contribution in [2.75, 3.05) is 13.6 Å². The Balaban J connectivity index is 3.11. The number of hydrogen-bond acceptors (Lipinski definition) is 3. The molecule has 0 aliphatic rings. The lowest BCUT2D eigenvalue weighted by atomic mass is 10.1. The number of benzene rings is 1. The summed E-state index contributed by atoms with van der Waals surface area (Å²) < 4.78 is 0. The minimum absolute atomic E-state index is 0.281. The standard InChI is InChI=1S/C11H14ClN3/c1-15-9(7-13)10(12)11(14)8-5-3-2-4-6-8/h2-6H,7,13-14H2,1H3. The first-order valence-corrected chi connectivity index (χ1v) is 4.95. The van der Waals surface area contributed by atoms with Crippen LogP contribution in [0.2, 0.25) is 0 Å². The summed E-state index contributed by atoms with van der Waals surface area (Å²) in [6, 6.07) is 9.50. The Morgan fingerprint density at radius 3 is 2.40 bits per heavy atom. The molecule has 0 saturated heterocycles. The van der Waals surface area contributed by atoms with Crippen molar-refractivity contribution in [1.82, 2.24) is 0 Å². The Morgan fingerprint density at radius 2 is 1.93 bits per heavy atom. The monoisotopic (exact) mass is 223 g/mol. The zero-order valence-corrected chi connectivity index (χ0v) is 9.33. The first-order chi connectivity index (χ1) is 7.20. The van der Waals surface area contributed by atoms with E-state index in [2.05, 4.69) is 4.99 Å². The summed E-state index contributed by atoms with van der Waals surface area (Å²) >= 11 is 6.08. The minimum Gasteiger partial charge on any atom is -0.397 e. The van der Waals surface area contributed by atoms with Crippen molar-refractivity contribution in [3.63, 3.8) is 0 Å². The van der Waals surface area contributed by atoms with Crippen LogP contribution in [0, 0.1) is 0 Å². The van der Waals surface area contributed by atoms with Gasteiger partial charge in [-0.05, 0) is 5.56 Å². The van der Waals surface area contributed by atoms with Crippen molar-refractivity contribution in [3.8, 4) is 0 Å². The third-order valence-electron chi connectivity index (χ3n) is 2.04.